The van der Waals surface area contributed by atoms with Gasteiger partial charge in [0.05, 0.1) is 18.0 Å². The molecular weight excluding hydrogens is 578 g/mol. The highest BCUT2D eigenvalue weighted by Gasteiger charge is 2.51. The first-order valence-corrected chi connectivity index (χ1v) is 13.3. The first kappa shape index (κ1) is 33.2. The lowest BCUT2D eigenvalue weighted by atomic mass is 9.83. The second-order valence-corrected chi connectivity index (χ2v) is 10.2. The number of nitrogens with one attached hydrogen (secondary N) is 1. The summed E-state index contributed by atoms with van der Waals surface area (Å²) < 4.78 is 4.99. The van der Waals surface area contributed by atoms with Crippen molar-refractivity contribution >= 4 is 46.2 Å². The number of hydrogen-bond acceptors (Lipinski definition) is 10. The Morgan fingerprint density at radius 3 is 2.25 bits per heavy atom. The van der Waals surface area contributed by atoms with E-state index in [1.807, 2.05) is 4.90 Å². The minimum atomic E-state index is -2.57. The Morgan fingerprint density at radius 1 is 1.02 bits per heavy atom. The number of aromatic amines is 1. The number of likely N-dealkylation sites (N-methyl/N-ethyl adjacent to an activating group) is 1. The van der Waals surface area contributed by atoms with Crippen molar-refractivity contribution < 1.29 is 44.0 Å². The van der Waals surface area contributed by atoms with E-state index in [1.165, 1.54) is 19.2 Å². The second-order valence-electron chi connectivity index (χ2n) is 10.2. The van der Waals surface area contributed by atoms with Crippen LogP contribution in [0, 0.1) is 0 Å². The van der Waals surface area contributed by atoms with Gasteiger partial charge in [0.15, 0.2) is 11.3 Å². The Bertz CT molecular complexity index is 1640. The first-order chi connectivity index (χ1) is 20.7. The second kappa shape index (κ2) is 13.8. The van der Waals surface area contributed by atoms with E-state index < -0.39 is 66.9 Å². The Labute approximate surface area is 250 Å². The summed E-state index contributed by atoms with van der Waals surface area (Å²) in [7, 11) is 4.26. The van der Waals surface area contributed by atoms with E-state index in [-0.39, 0.29) is 17.1 Å². The number of carboxylic acids is 3. The van der Waals surface area contributed by atoms with Crippen LogP contribution < -0.4 is 20.9 Å². The molecule has 3 aromatic rings. The summed E-state index contributed by atoms with van der Waals surface area (Å²) in [5.41, 5.74) is 4.49. The smallest absolute Gasteiger partial charge is 0.337 e. The van der Waals surface area contributed by atoms with E-state index in [4.69, 9.17) is 15.6 Å². The zero-order chi connectivity index (χ0) is 32.8. The molecule has 234 valence electrons. The number of aliphatic carboxylic acids is 3. The van der Waals surface area contributed by atoms with Gasteiger partial charge in [-0.15, -0.1) is 0 Å². The molecule has 15 heteroatoms. The molecule has 15 nitrogen and oxygen atoms in total. The molecule has 0 aliphatic carbocycles. The molecule has 2 atom stereocenters. The molecule has 0 bridgehead atoms. The van der Waals surface area contributed by atoms with Crippen molar-refractivity contribution in [2.24, 2.45) is 5.73 Å². The number of carbonyl (C=O) groups excluding carboxylic acids is 2. The van der Waals surface area contributed by atoms with Crippen LogP contribution >= 0.6 is 0 Å². The highest BCUT2D eigenvalue weighted by Crippen LogP contribution is 2.28. The number of methoxy groups -OCH3 is 1. The van der Waals surface area contributed by atoms with E-state index >= 15 is 0 Å². The van der Waals surface area contributed by atoms with Gasteiger partial charge in [-0.2, -0.15) is 4.98 Å². The number of carboxylic acid groups (broad SMARTS) is 3. The van der Waals surface area contributed by atoms with E-state index in [0.29, 0.717) is 28.0 Å². The number of benzene rings is 2. The van der Waals surface area contributed by atoms with Gasteiger partial charge in [0.1, 0.15) is 6.04 Å². The average molecular weight is 612 g/mol. The molecule has 0 radical (unpaired) electrons. The molecule has 1 heterocycles. The quantitative estimate of drug-likeness (QED) is 0.152. The molecule has 0 unspecified atom stereocenters. The molecule has 0 aliphatic heterocycles. The van der Waals surface area contributed by atoms with Gasteiger partial charge < -0.3 is 35.6 Å². The maximum absolute atomic E-state index is 13.4. The SMILES string of the molecule is COc1nc2ccc(CN(C)c3ccc(C(=O)N(C)[C@@](CCC(=O)O)(C(=O)O)C(=O)CC[C@H](N)C(=O)O)cc3)cc2c(=O)[nH]1. The summed E-state index contributed by atoms with van der Waals surface area (Å²) in [5, 5.41) is 28.7. The molecule has 0 saturated carbocycles. The van der Waals surface area contributed by atoms with Gasteiger partial charge in [0.2, 0.25) is 0 Å². The number of nitrogens with zero attached hydrogens (tertiary/aromatic N) is 3. The van der Waals surface area contributed by atoms with Crippen molar-refractivity contribution in [2.45, 2.75) is 43.8 Å². The molecule has 6 N–H and O–H groups in total. The molecule has 0 aliphatic rings. The van der Waals surface area contributed by atoms with Crippen LogP contribution in [0.5, 0.6) is 6.01 Å². The fraction of sp³-hybridized carbons (Fsp3) is 0.345. The molecule has 1 aromatic heterocycles. The minimum absolute atomic E-state index is 0.0258. The van der Waals surface area contributed by atoms with Gasteiger partial charge in [-0.05, 0) is 54.8 Å². The molecule has 44 heavy (non-hydrogen) atoms. The van der Waals surface area contributed by atoms with Crippen LogP contribution in [-0.2, 0) is 25.7 Å². The monoisotopic (exact) mass is 611 g/mol. The highest BCUT2D eigenvalue weighted by molar-refractivity contribution is 6.12. The minimum Gasteiger partial charge on any atom is -0.481 e. The van der Waals surface area contributed by atoms with Crippen LogP contribution in [0.3, 0.4) is 0 Å². The van der Waals surface area contributed by atoms with Crippen molar-refractivity contribution in [3.8, 4) is 6.01 Å². The summed E-state index contributed by atoms with van der Waals surface area (Å²) in [6.07, 6.45) is -2.49. The summed E-state index contributed by atoms with van der Waals surface area (Å²) >= 11 is 0. The zero-order valence-corrected chi connectivity index (χ0v) is 24.3. The van der Waals surface area contributed by atoms with Gasteiger partial charge in [-0.25, -0.2) is 4.79 Å². The number of ether oxygens (including phenoxy) is 1. The summed E-state index contributed by atoms with van der Waals surface area (Å²) in [6, 6.07) is 9.93. The van der Waals surface area contributed by atoms with E-state index in [0.717, 1.165) is 12.6 Å². The van der Waals surface area contributed by atoms with E-state index in [2.05, 4.69) is 9.97 Å². The van der Waals surface area contributed by atoms with Gasteiger partial charge in [-0.1, -0.05) is 6.07 Å². The first-order valence-electron chi connectivity index (χ1n) is 13.3. The van der Waals surface area contributed by atoms with Crippen LogP contribution in [-0.4, -0.2) is 92.6 Å². The summed E-state index contributed by atoms with van der Waals surface area (Å²) in [5.74, 6) is -6.43. The predicted molar refractivity (Wildman–Crippen MR) is 157 cm³/mol. The van der Waals surface area contributed by atoms with Crippen molar-refractivity contribution in [2.75, 3.05) is 26.1 Å². The average Bonchev–Trinajstić information content (AvgIpc) is 2.99. The van der Waals surface area contributed by atoms with Crippen molar-refractivity contribution in [1.82, 2.24) is 14.9 Å². The lowest BCUT2D eigenvalue weighted by Crippen LogP contribution is -2.61. The summed E-state index contributed by atoms with van der Waals surface area (Å²) in [6.45, 7) is 0.374. The fourth-order valence-corrected chi connectivity index (χ4v) is 4.72. The molecule has 2 aromatic carbocycles. The van der Waals surface area contributed by atoms with Crippen molar-refractivity contribution in [1.29, 1.82) is 0 Å². The van der Waals surface area contributed by atoms with Crippen LogP contribution in [0.15, 0.2) is 47.3 Å². The Hall–Kier alpha value is -5.31. The third-order valence-electron chi connectivity index (χ3n) is 7.31. The van der Waals surface area contributed by atoms with Crippen LogP contribution in [0.2, 0.25) is 0 Å². The van der Waals surface area contributed by atoms with Crippen LogP contribution in [0.25, 0.3) is 10.9 Å². The lowest BCUT2D eigenvalue weighted by molar-refractivity contribution is -0.156. The standard InChI is InChI=1S/C29H33N5O10/c1-33(15-16-4-10-21-19(14-16)24(38)32-28(31-21)44-3)18-7-5-17(6-8-18)25(39)34(2)29(27(42)43,13-12-23(36)37)22(35)11-9-20(30)26(40)41/h4-8,10,14,20H,9,11-13,15,30H2,1-3H3,(H,36,37)(H,40,41)(H,42,43)(H,31,32,38)/t20-,29+/m0/s1. The number of anilines is 1. The molecule has 0 fully saturated rings. The number of hydrogen-bond donors (Lipinski definition) is 5. The molecular formula is C29H33N5O10. The molecule has 0 spiro atoms. The molecule has 3 rings (SSSR count). The van der Waals surface area contributed by atoms with Crippen LogP contribution in [0.4, 0.5) is 5.69 Å². The highest BCUT2D eigenvalue weighted by atomic mass is 16.5. The number of rotatable bonds is 15. The summed E-state index contributed by atoms with van der Waals surface area (Å²) in [4.78, 5) is 83.2. The largest absolute Gasteiger partial charge is 0.481 e. The van der Waals surface area contributed by atoms with Gasteiger partial charge >= 0.3 is 17.9 Å². The maximum atomic E-state index is 13.4. The number of nitrogens with two attached hydrogens (primary N) is 1. The third-order valence-corrected chi connectivity index (χ3v) is 7.31. The van der Waals surface area contributed by atoms with Gasteiger partial charge in [0.25, 0.3) is 17.5 Å². The van der Waals surface area contributed by atoms with E-state index in [9.17, 15) is 39.0 Å². The van der Waals surface area contributed by atoms with E-state index in [1.54, 1.807) is 37.4 Å². The number of ketones is 1. The van der Waals surface area contributed by atoms with Crippen LogP contribution in [0.1, 0.15) is 41.6 Å². The van der Waals surface area contributed by atoms with Crippen molar-refractivity contribution in [3.63, 3.8) is 0 Å². The molecule has 1 amide bonds. The number of H-pyrrole nitrogens is 1. The number of carbonyl (C=O) groups is 5. The Morgan fingerprint density at radius 2 is 1.68 bits per heavy atom. The number of fused-ring (bicyclic) bond motifs is 1. The Kier molecular flexibility index (Phi) is 10.4. The van der Waals surface area contributed by atoms with Gasteiger partial charge in [-0.3, -0.25) is 29.0 Å². The fourth-order valence-electron chi connectivity index (χ4n) is 4.72. The number of Topliss-reactive ketones (excluding diaryl/α,β-unsaturated/α-hetero) is 1. The Balaban J connectivity index is 1.83. The third kappa shape index (κ3) is 7.18. The lowest BCUT2D eigenvalue weighted by Gasteiger charge is -2.37. The van der Waals surface area contributed by atoms with Crippen molar-refractivity contribution in [3.05, 3.63) is 63.9 Å². The zero-order valence-electron chi connectivity index (χ0n) is 24.3. The number of aromatic nitrogens is 2. The van der Waals surface area contributed by atoms with Gasteiger partial charge in [0, 0.05) is 44.7 Å². The predicted octanol–water partition coefficient (Wildman–Crippen LogP) is 1.09. The normalized spacial score (nSPS) is 13.0. The maximum Gasteiger partial charge on any atom is 0.337 e. The number of amides is 1. The molecule has 0 saturated heterocycles. The topological polar surface area (TPSA) is 234 Å².